The van der Waals surface area contributed by atoms with Gasteiger partial charge in [0.2, 0.25) is 0 Å². The number of rotatable bonds is 3. The number of nitrogens with zero attached hydrogens (tertiary/aromatic N) is 2. The molecule has 5 rings (SSSR count). The lowest BCUT2D eigenvalue weighted by Gasteiger charge is -2.23. The number of H-pyrrole nitrogens is 1. The number of hydrogen-bond donors (Lipinski definition) is 2. The summed E-state index contributed by atoms with van der Waals surface area (Å²) in [5.74, 6) is 1.13. The Morgan fingerprint density at radius 3 is 2.71 bits per heavy atom. The molecule has 1 aromatic carbocycles. The van der Waals surface area contributed by atoms with Gasteiger partial charge in [-0.3, -0.25) is 0 Å². The number of pyridine rings is 1. The highest BCUT2D eigenvalue weighted by Gasteiger charge is 2.20. The molecule has 28 heavy (non-hydrogen) atoms. The van der Waals surface area contributed by atoms with Crippen LogP contribution in [-0.4, -0.2) is 27.5 Å². The van der Waals surface area contributed by atoms with Crippen molar-refractivity contribution in [2.45, 2.75) is 45.4 Å². The van der Waals surface area contributed by atoms with E-state index >= 15 is 0 Å². The van der Waals surface area contributed by atoms with Gasteiger partial charge in [0.25, 0.3) is 0 Å². The zero-order chi connectivity index (χ0) is 19.3. The number of imidazole rings is 1. The van der Waals surface area contributed by atoms with Gasteiger partial charge in [0.15, 0.2) is 0 Å². The number of benzene rings is 1. The third-order valence-electron chi connectivity index (χ3n) is 6.23. The third-order valence-corrected chi connectivity index (χ3v) is 6.23. The summed E-state index contributed by atoms with van der Waals surface area (Å²) < 4.78 is 2.17. The van der Waals surface area contributed by atoms with Crippen molar-refractivity contribution in [2.24, 2.45) is 0 Å². The number of aromatic amines is 1. The first kappa shape index (κ1) is 17.5. The van der Waals surface area contributed by atoms with Crippen molar-refractivity contribution in [1.29, 1.82) is 0 Å². The van der Waals surface area contributed by atoms with Crippen molar-refractivity contribution < 1.29 is 0 Å². The van der Waals surface area contributed by atoms with Crippen LogP contribution in [0.1, 0.15) is 55.3 Å². The molecule has 4 aromatic rings. The zero-order valence-electron chi connectivity index (χ0n) is 16.9. The van der Waals surface area contributed by atoms with Gasteiger partial charge in [-0.15, -0.1) is 0 Å². The summed E-state index contributed by atoms with van der Waals surface area (Å²) in [4.78, 5) is 8.19. The van der Waals surface area contributed by atoms with E-state index in [9.17, 15) is 0 Å². The van der Waals surface area contributed by atoms with E-state index < -0.39 is 0 Å². The normalized spacial score (nSPS) is 15.9. The predicted molar refractivity (Wildman–Crippen MR) is 116 cm³/mol. The number of aryl methyl sites for hydroxylation is 1. The van der Waals surface area contributed by atoms with Gasteiger partial charge in [0.1, 0.15) is 5.65 Å². The van der Waals surface area contributed by atoms with Gasteiger partial charge >= 0.3 is 0 Å². The van der Waals surface area contributed by atoms with Crippen LogP contribution in [-0.2, 0) is 0 Å². The number of fused-ring (bicyclic) bond motifs is 2. The molecular weight excluding hydrogens is 344 g/mol. The molecule has 4 heterocycles. The Kier molecular flexibility index (Phi) is 4.24. The van der Waals surface area contributed by atoms with Crippen LogP contribution in [0.2, 0.25) is 0 Å². The van der Waals surface area contributed by atoms with Gasteiger partial charge in [0, 0.05) is 34.6 Å². The SMILES string of the molecule is Cc1cnc2ccc(-c3[nH]c4ccc(C5CCNCC5)cc4c3C(C)C)cn12. The molecule has 1 aliphatic rings. The first-order valence-corrected chi connectivity index (χ1v) is 10.4. The average molecular weight is 373 g/mol. The minimum Gasteiger partial charge on any atom is -0.354 e. The second-order valence-corrected chi connectivity index (χ2v) is 8.44. The lowest BCUT2D eigenvalue weighted by Crippen LogP contribution is -2.26. The predicted octanol–water partition coefficient (Wildman–Crippen LogP) is 5.38. The maximum Gasteiger partial charge on any atom is 0.136 e. The summed E-state index contributed by atoms with van der Waals surface area (Å²) in [7, 11) is 0. The molecular formula is C24H28N4. The molecule has 144 valence electrons. The minimum atomic E-state index is 0.451. The van der Waals surface area contributed by atoms with Crippen LogP contribution in [0.5, 0.6) is 0 Å². The lowest BCUT2D eigenvalue weighted by atomic mass is 9.88. The Labute approximate surface area is 166 Å². The summed E-state index contributed by atoms with van der Waals surface area (Å²) in [5, 5.41) is 4.86. The number of nitrogens with one attached hydrogen (secondary N) is 2. The highest BCUT2D eigenvalue weighted by molar-refractivity contribution is 5.92. The van der Waals surface area contributed by atoms with Crippen molar-refractivity contribution in [2.75, 3.05) is 13.1 Å². The van der Waals surface area contributed by atoms with Gasteiger partial charge in [-0.25, -0.2) is 4.98 Å². The van der Waals surface area contributed by atoms with Crippen molar-refractivity contribution >= 4 is 16.6 Å². The van der Waals surface area contributed by atoms with E-state index in [2.05, 4.69) is 77.0 Å². The number of aromatic nitrogens is 3. The summed E-state index contributed by atoms with van der Waals surface area (Å²) in [5.41, 5.74) is 8.76. The van der Waals surface area contributed by atoms with E-state index in [0.717, 1.165) is 24.4 Å². The average Bonchev–Trinajstić information content (AvgIpc) is 3.28. The lowest BCUT2D eigenvalue weighted by molar-refractivity contribution is 0.460. The topological polar surface area (TPSA) is 45.1 Å². The fraction of sp³-hybridized carbons (Fsp3) is 0.375. The van der Waals surface area contributed by atoms with Gasteiger partial charge < -0.3 is 14.7 Å². The fourth-order valence-corrected chi connectivity index (χ4v) is 4.72. The number of hydrogen-bond acceptors (Lipinski definition) is 2. The van der Waals surface area contributed by atoms with Gasteiger partial charge in [-0.2, -0.15) is 0 Å². The van der Waals surface area contributed by atoms with Crippen molar-refractivity contribution in [3.8, 4) is 11.3 Å². The van der Waals surface area contributed by atoms with Gasteiger partial charge in [-0.05, 0) is 80.1 Å². The molecule has 0 unspecified atom stereocenters. The molecule has 4 heteroatoms. The van der Waals surface area contributed by atoms with E-state index in [1.165, 1.54) is 46.1 Å². The molecule has 1 aliphatic heterocycles. The van der Waals surface area contributed by atoms with Crippen LogP contribution in [0.3, 0.4) is 0 Å². The molecule has 3 aromatic heterocycles. The Bertz CT molecular complexity index is 1140. The highest BCUT2D eigenvalue weighted by Crippen LogP contribution is 2.38. The highest BCUT2D eigenvalue weighted by atomic mass is 15.0. The van der Waals surface area contributed by atoms with Gasteiger partial charge in [-0.1, -0.05) is 19.9 Å². The van der Waals surface area contributed by atoms with Gasteiger partial charge in [0.05, 0.1) is 5.69 Å². The Morgan fingerprint density at radius 2 is 1.93 bits per heavy atom. The maximum absolute atomic E-state index is 4.46. The maximum atomic E-state index is 4.46. The molecule has 0 amide bonds. The van der Waals surface area contributed by atoms with Crippen LogP contribution >= 0.6 is 0 Å². The quantitative estimate of drug-likeness (QED) is 0.507. The van der Waals surface area contributed by atoms with Crippen LogP contribution in [0.4, 0.5) is 0 Å². The molecule has 0 saturated carbocycles. The van der Waals surface area contributed by atoms with E-state index in [1.54, 1.807) is 0 Å². The van der Waals surface area contributed by atoms with E-state index in [-0.39, 0.29) is 0 Å². The van der Waals surface area contributed by atoms with Crippen LogP contribution in [0, 0.1) is 6.92 Å². The molecule has 4 nitrogen and oxygen atoms in total. The van der Waals surface area contributed by atoms with E-state index in [0.29, 0.717) is 11.8 Å². The van der Waals surface area contributed by atoms with Crippen LogP contribution in [0.15, 0.2) is 42.7 Å². The molecule has 0 bridgehead atoms. The van der Waals surface area contributed by atoms with Crippen LogP contribution in [0.25, 0.3) is 27.8 Å². The first-order valence-electron chi connectivity index (χ1n) is 10.4. The van der Waals surface area contributed by atoms with E-state index in [4.69, 9.17) is 0 Å². The second kappa shape index (κ2) is 6.78. The summed E-state index contributed by atoms with van der Waals surface area (Å²) in [6.45, 7) is 8.95. The van der Waals surface area contributed by atoms with E-state index in [1.807, 2.05) is 6.20 Å². The standard InChI is InChI=1S/C24H28N4/c1-15(2)23-20-12-18(17-8-10-25-11-9-17)4-6-21(20)27-24(23)19-5-7-22-26-13-16(3)28(22)14-19/h4-7,12-15,17,25,27H,8-11H2,1-3H3. The van der Waals surface area contributed by atoms with Crippen molar-refractivity contribution in [1.82, 2.24) is 19.7 Å². The summed E-state index contributed by atoms with van der Waals surface area (Å²) >= 11 is 0. The monoisotopic (exact) mass is 372 g/mol. The molecule has 1 fully saturated rings. The largest absolute Gasteiger partial charge is 0.354 e. The Hall–Kier alpha value is -2.59. The third kappa shape index (κ3) is 2.83. The molecule has 0 atom stereocenters. The molecule has 0 aliphatic carbocycles. The van der Waals surface area contributed by atoms with Crippen molar-refractivity contribution in [3.63, 3.8) is 0 Å². The molecule has 0 spiro atoms. The number of piperidine rings is 1. The Balaban J connectivity index is 1.67. The molecule has 1 saturated heterocycles. The molecule has 2 N–H and O–H groups in total. The second-order valence-electron chi connectivity index (χ2n) is 8.44. The fourth-order valence-electron chi connectivity index (χ4n) is 4.72. The molecule has 0 radical (unpaired) electrons. The van der Waals surface area contributed by atoms with Crippen LogP contribution < -0.4 is 5.32 Å². The summed E-state index contributed by atoms with van der Waals surface area (Å²) in [6.07, 6.45) is 6.60. The smallest absolute Gasteiger partial charge is 0.136 e. The minimum absolute atomic E-state index is 0.451. The summed E-state index contributed by atoms with van der Waals surface area (Å²) in [6, 6.07) is 11.3. The van der Waals surface area contributed by atoms with Crippen molar-refractivity contribution in [3.05, 3.63) is 59.5 Å². The zero-order valence-corrected chi connectivity index (χ0v) is 16.9. The first-order chi connectivity index (χ1) is 13.6. The Morgan fingerprint density at radius 1 is 1.11 bits per heavy atom.